The van der Waals surface area contributed by atoms with Crippen LogP contribution in [0.4, 0.5) is 5.69 Å². The van der Waals surface area contributed by atoms with E-state index in [9.17, 15) is 13.2 Å². The van der Waals surface area contributed by atoms with Crippen molar-refractivity contribution in [2.75, 3.05) is 18.5 Å². The molecule has 0 bridgehead atoms. The van der Waals surface area contributed by atoms with E-state index in [1.165, 1.54) is 12.1 Å². The molecule has 4 rings (SSSR count). The molecule has 0 aromatic heterocycles. The maximum absolute atomic E-state index is 12.7. The van der Waals surface area contributed by atoms with Gasteiger partial charge in [0.1, 0.15) is 13.2 Å². The smallest absolute Gasteiger partial charge is 0.255 e. The van der Waals surface area contributed by atoms with Crippen molar-refractivity contribution >= 4 is 37.5 Å². The molecule has 1 amide bonds. The second kappa shape index (κ2) is 8.33. The lowest BCUT2D eigenvalue weighted by Gasteiger charge is -2.20. The average Bonchev–Trinajstić information content (AvgIpc) is 3.21. The van der Waals surface area contributed by atoms with Gasteiger partial charge in [-0.3, -0.25) is 4.79 Å². The normalized spacial score (nSPS) is 16.6. The highest BCUT2D eigenvalue weighted by Gasteiger charge is 2.24. The fourth-order valence-corrected chi connectivity index (χ4v) is 5.26. The maximum Gasteiger partial charge on any atom is 0.255 e. The molecule has 1 fully saturated rings. The minimum atomic E-state index is -3.67. The summed E-state index contributed by atoms with van der Waals surface area (Å²) in [5.74, 6) is 0.735. The van der Waals surface area contributed by atoms with Gasteiger partial charge in [-0.1, -0.05) is 18.9 Å². The number of nitrogens with one attached hydrogen (secondary N) is 2. The van der Waals surface area contributed by atoms with Crippen LogP contribution in [0.1, 0.15) is 36.0 Å². The van der Waals surface area contributed by atoms with Crippen molar-refractivity contribution in [2.45, 2.75) is 36.6 Å². The number of hydrogen-bond acceptors (Lipinski definition) is 5. The van der Waals surface area contributed by atoms with Crippen LogP contribution in [0.5, 0.6) is 11.5 Å². The molecule has 2 aromatic rings. The Hall–Kier alpha value is -2.10. The first-order valence-corrected chi connectivity index (χ1v) is 11.7. The van der Waals surface area contributed by atoms with Crippen molar-refractivity contribution in [1.29, 1.82) is 0 Å². The summed E-state index contributed by atoms with van der Waals surface area (Å²) in [7, 11) is -3.67. The van der Waals surface area contributed by atoms with E-state index in [4.69, 9.17) is 9.47 Å². The van der Waals surface area contributed by atoms with Crippen molar-refractivity contribution in [3.05, 3.63) is 46.4 Å². The highest BCUT2D eigenvalue weighted by atomic mass is 79.9. The number of amides is 1. The molecule has 1 saturated carbocycles. The van der Waals surface area contributed by atoms with Crippen molar-refractivity contribution < 1.29 is 22.7 Å². The summed E-state index contributed by atoms with van der Waals surface area (Å²) in [5.41, 5.74) is 0.762. The minimum Gasteiger partial charge on any atom is -0.486 e. The topological polar surface area (TPSA) is 93.7 Å². The molecule has 2 aromatic carbocycles. The molecule has 0 radical (unpaired) electrons. The van der Waals surface area contributed by atoms with E-state index in [0.29, 0.717) is 34.9 Å². The van der Waals surface area contributed by atoms with E-state index in [1.54, 1.807) is 24.3 Å². The first-order chi connectivity index (χ1) is 13.9. The lowest BCUT2D eigenvalue weighted by Crippen LogP contribution is -2.32. The molecule has 2 aliphatic rings. The zero-order valence-corrected chi connectivity index (χ0v) is 18.0. The monoisotopic (exact) mass is 480 g/mol. The Balaban J connectivity index is 1.53. The van der Waals surface area contributed by atoms with E-state index in [0.717, 1.165) is 25.7 Å². The summed E-state index contributed by atoms with van der Waals surface area (Å²) in [5, 5.41) is 2.79. The molecular weight excluding hydrogens is 460 g/mol. The molecule has 0 atom stereocenters. The summed E-state index contributed by atoms with van der Waals surface area (Å²) in [6.45, 7) is 0.914. The predicted molar refractivity (Wildman–Crippen MR) is 112 cm³/mol. The second-order valence-corrected chi connectivity index (χ2v) is 9.63. The largest absolute Gasteiger partial charge is 0.486 e. The third-order valence-corrected chi connectivity index (χ3v) is 7.14. The Bertz CT molecular complexity index is 1040. The predicted octanol–water partition coefficient (Wildman–Crippen LogP) is 3.69. The Labute approximate surface area is 178 Å². The fourth-order valence-electron chi connectivity index (χ4n) is 3.49. The van der Waals surface area contributed by atoms with Crippen LogP contribution in [0.15, 0.2) is 45.8 Å². The van der Waals surface area contributed by atoms with Crippen molar-refractivity contribution in [3.63, 3.8) is 0 Å². The van der Waals surface area contributed by atoms with Crippen LogP contribution in [0.3, 0.4) is 0 Å². The van der Waals surface area contributed by atoms with Gasteiger partial charge in [-0.2, -0.15) is 0 Å². The Morgan fingerprint density at radius 3 is 2.45 bits per heavy atom. The average molecular weight is 481 g/mol. The number of fused-ring (bicyclic) bond motifs is 1. The number of carbonyl (C=O) groups excluding carboxylic acids is 1. The number of halogens is 1. The highest BCUT2D eigenvalue weighted by Crippen LogP contribution is 2.38. The highest BCUT2D eigenvalue weighted by molar-refractivity contribution is 9.10. The number of hydrogen-bond donors (Lipinski definition) is 2. The van der Waals surface area contributed by atoms with Gasteiger partial charge in [0.15, 0.2) is 11.5 Å². The molecule has 0 spiro atoms. The fraction of sp³-hybridized carbons (Fsp3) is 0.350. The van der Waals surface area contributed by atoms with Crippen LogP contribution in [0, 0.1) is 0 Å². The van der Waals surface area contributed by atoms with Crippen LogP contribution in [0.2, 0.25) is 0 Å². The minimum absolute atomic E-state index is 0.0360. The molecule has 0 saturated heterocycles. The maximum atomic E-state index is 12.7. The summed E-state index contributed by atoms with van der Waals surface area (Å²) in [4.78, 5) is 12.8. The SMILES string of the molecule is O=C(Nc1cc2c(cc1Br)OCCO2)c1cccc(S(=O)(=O)NC2CCCC2)c1. The Kier molecular flexibility index (Phi) is 5.80. The van der Waals surface area contributed by atoms with Gasteiger partial charge in [-0.15, -0.1) is 0 Å². The third kappa shape index (κ3) is 4.57. The van der Waals surface area contributed by atoms with E-state index < -0.39 is 15.9 Å². The van der Waals surface area contributed by atoms with Crippen LogP contribution < -0.4 is 19.5 Å². The van der Waals surface area contributed by atoms with E-state index in [2.05, 4.69) is 26.0 Å². The molecule has 0 unspecified atom stereocenters. The number of anilines is 1. The van der Waals surface area contributed by atoms with Gasteiger partial charge < -0.3 is 14.8 Å². The van der Waals surface area contributed by atoms with Gasteiger partial charge >= 0.3 is 0 Å². The molecule has 1 aliphatic heterocycles. The third-order valence-electron chi connectivity index (χ3n) is 4.96. The van der Waals surface area contributed by atoms with Gasteiger partial charge in [0.2, 0.25) is 10.0 Å². The van der Waals surface area contributed by atoms with Gasteiger partial charge in [0.05, 0.1) is 10.6 Å². The summed E-state index contributed by atoms with van der Waals surface area (Å²) in [6, 6.07) is 9.40. The van der Waals surface area contributed by atoms with Crippen LogP contribution in [-0.2, 0) is 10.0 Å². The number of carbonyl (C=O) groups is 1. The zero-order chi connectivity index (χ0) is 20.4. The first-order valence-electron chi connectivity index (χ1n) is 9.45. The molecule has 29 heavy (non-hydrogen) atoms. The number of sulfonamides is 1. The van der Waals surface area contributed by atoms with Crippen LogP contribution >= 0.6 is 15.9 Å². The number of benzene rings is 2. The van der Waals surface area contributed by atoms with E-state index in [-0.39, 0.29) is 16.5 Å². The van der Waals surface area contributed by atoms with Gasteiger partial charge in [0.25, 0.3) is 5.91 Å². The molecule has 154 valence electrons. The lowest BCUT2D eigenvalue weighted by molar-refractivity contribution is 0.102. The first kappa shape index (κ1) is 20.2. The van der Waals surface area contributed by atoms with Gasteiger partial charge in [-0.05, 0) is 47.0 Å². The molecule has 7 nitrogen and oxygen atoms in total. The standard InChI is InChI=1S/C20H21BrN2O5S/c21-16-11-18-19(28-9-8-27-18)12-17(16)22-20(24)13-4-3-7-15(10-13)29(25,26)23-14-5-1-2-6-14/h3-4,7,10-12,14,23H,1-2,5-6,8-9H2,(H,22,24). The van der Waals surface area contributed by atoms with Crippen molar-refractivity contribution in [2.24, 2.45) is 0 Å². The summed E-state index contributed by atoms with van der Waals surface area (Å²) < 4.78 is 39.7. The summed E-state index contributed by atoms with van der Waals surface area (Å²) >= 11 is 3.42. The van der Waals surface area contributed by atoms with Gasteiger partial charge in [0, 0.05) is 28.2 Å². The van der Waals surface area contributed by atoms with Gasteiger partial charge in [-0.25, -0.2) is 13.1 Å². The molecular formula is C20H21BrN2O5S. The quantitative estimate of drug-likeness (QED) is 0.680. The van der Waals surface area contributed by atoms with Crippen LogP contribution in [-0.4, -0.2) is 33.6 Å². The van der Waals surface area contributed by atoms with E-state index >= 15 is 0 Å². The molecule has 1 heterocycles. The summed E-state index contributed by atoms with van der Waals surface area (Å²) in [6.07, 6.45) is 3.75. The van der Waals surface area contributed by atoms with Crippen LogP contribution in [0.25, 0.3) is 0 Å². The zero-order valence-electron chi connectivity index (χ0n) is 15.6. The van der Waals surface area contributed by atoms with Crippen molar-refractivity contribution in [1.82, 2.24) is 4.72 Å². The molecule has 9 heteroatoms. The Morgan fingerprint density at radius 1 is 1.03 bits per heavy atom. The Morgan fingerprint density at radius 2 is 1.72 bits per heavy atom. The molecule has 1 aliphatic carbocycles. The van der Waals surface area contributed by atoms with E-state index in [1.807, 2.05) is 0 Å². The number of rotatable bonds is 5. The molecule has 2 N–H and O–H groups in total. The van der Waals surface area contributed by atoms with Crippen molar-refractivity contribution in [3.8, 4) is 11.5 Å². The lowest BCUT2D eigenvalue weighted by atomic mass is 10.2. The second-order valence-electron chi connectivity index (χ2n) is 7.06. The number of ether oxygens (including phenoxy) is 2.